The summed E-state index contributed by atoms with van der Waals surface area (Å²) in [6.07, 6.45) is -0.241. The van der Waals surface area contributed by atoms with E-state index in [4.69, 9.17) is 9.47 Å². The molecule has 0 spiro atoms. The molecule has 6 heteroatoms. The summed E-state index contributed by atoms with van der Waals surface area (Å²) in [5.74, 6) is 0.849. The van der Waals surface area contributed by atoms with E-state index >= 15 is 0 Å². The van der Waals surface area contributed by atoms with Crippen LogP contribution in [0.5, 0.6) is 5.75 Å². The molecule has 0 N–H and O–H groups in total. The topological polar surface area (TPSA) is 45.3 Å². The molecular weight excluding hydrogens is 462 g/mol. The molecule has 0 unspecified atom stereocenters. The highest BCUT2D eigenvalue weighted by atomic mass is 16.6. The molecule has 1 amide bonds. The van der Waals surface area contributed by atoms with E-state index in [0.29, 0.717) is 13.1 Å². The van der Waals surface area contributed by atoms with E-state index in [0.717, 1.165) is 43.3 Å². The van der Waals surface area contributed by atoms with Crippen LogP contribution in [0.25, 0.3) is 0 Å². The summed E-state index contributed by atoms with van der Waals surface area (Å²) < 4.78 is 11.5. The number of nitrogens with zero attached hydrogens (tertiary/aromatic N) is 3. The van der Waals surface area contributed by atoms with Crippen molar-refractivity contribution in [1.82, 2.24) is 4.90 Å². The number of hydrogen-bond donors (Lipinski definition) is 0. The standard InChI is InChI=1S/C31H39N3O3/c1-24-20-28(34(22-25-12-8-6-9-13-25)23-26-14-10-7-11-15-26)29(36-5)21-27(24)32-16-18-33(19-17-32)30(35)37-31(2,3)4/h6-15,20-21H,16-19,22-23H2,1-5H3. The summed E-state index contributed by atoms with van der Waals surface area (Å²) in [6, 6.07) is 25.5. The summed E-state index contributed by atoms with van der Waals surface area (Å²) >= 11 is 0. The second kappa shape index (κ2) is 11.6. The smallest absolute Gasteiger partial charge is 0.410 e. The van der Waals surface area contributed by atoms with Crippen LogP contribution in [-0.2, 0) is 17.8 Å². The van der Waals surface area contributed by atoms with Crippen molar-refractivity contribution in [3.05, 3.63) is 89.5 Å². The van der Waals surface area contributed by atoms with Crippen LogP contribution in [0.3, 0.4) is 0 Å². The van der Waals surface area contributed by atoms with E-state index < -0.39 is 5.60 Å². The van der Waals surface area contributed by atoms with Crippen molar-refractivity contribution in [2.75, 3.05) is 43.1 Å². The molecule has 3 aromatic rings. The van der Waals surface area contributed by atoms with Gasteiger partial charge in [-0.3, -0.25) is 0 Å². The van der Waals surface area contributed by atoms with Crippen LogP contribution in [0.15, 0.2) is 72.8 Å². The second-order valence-electron chi connectivity index (χ2n) is 10.6. The number of carbonyl (C=O) groups excluding carboxylic acids is 1. The van der Waals surface area contributed by atoms with Crippen molar-refractivity contribution in [2.45, 2.75) is 46.4 Å². The lowest BCUT2D eigenvalue weighted by molar-refractivity contribution is 0.0240. The predicted molar refractivity (Wildman–Crippen MR) is 151 cm³/mol. The zero-order valence-corrected chi connectivity index (χ0v) is 22.7. The minimum atomic E-state index is -0.487. The van der Waals surface area contributed by atoms with Crippen molar-refractivity contribution in [3.8, 4) is 5.75 Å². The van der Waals surface area contributed by atoms with Gasteiger partial charge in [0.25, 0.3) is 0 Å². The molecule has 0 aliphatic carbocycles. The zero-order valence-electron chi connectivity index (χ0n) is 22.7. The monoisotopic (exact) mass is 501 g/mol. The number of anilines is 2. The zero-order chi connectivity index (χ0) is 26.4. The molecule has 0 aromatic heterocycles. The molecule has 3 aromatic carbocycles. The third-order valence-electron chi connectivity index (χ3n) is 6.54. The lowest BCUT2D eigenvalue weighted by Gasteiger charge is -2.38. The van der Waals surface area contributed by atoms with Gasteiger partial charge in [0.15, 0.2) is 0 Å². The maximum Gasteiger partial charge on any atom is 0.410 e. The van der Waals surface area contributed by atoms with E-state index in [1.165, 1.54) is 16.7 Å². The molecule has 1 saturated heterocycles. The molecule has 0 saturated carbocycles. The number of methoxy groups -OCH3 is 1. The first kappa shape index (κ1) is 26.4. The molecular formula is C31H39N3O3. The molecule has 6 nitrogen and oxygen atoms in total. The highest BCUT2D eigenvalue weighted by Gasteiger charge is 2.27. The van der Waals surface area contributed by atoms with Gasteiger partial charge in [-0.2, -0.15) is 0 Å². The SMILES string of the molecule is COc1cc(N2CCN(C(=O)OC(C)(C)C)CC2)c(C)cc1N(Cc1ccccc1)Cc1ccccc1. The maximum atomic E-state index is 12.5. The van der Waals surface area contributed by atoms with E-state index in [1.54, 1.807) is 12.0 Å². The van der Waals surface area contributed by atoms with Gasteiger partial charge in [-0.25, -0.2) is 4.79 Å². The van der Waals surface area contributed by atoms with Gasteiger partial charge in [-0.1, -0.05) is 60.7 Å². The summed E-state index contributed by atoms with van der Waals surface area (Å²) in [4.78, 5) is 19.0. The molecule has 196 valence electrons. The molecule has 1 aliphatic heterocycles. The Morgan fingerprint density at radius 2 is 1.41 bits per heavy atom. The molecule has 1 aliphatic rings. The fraction of sp³-hybridized carbons (Fsp3) is 0.387. The van der Waals surface area contributed by atoms with Crippen LogP contribution in [0.1, 0.15) is 37.5 Å². The summed E-state index contributed by atoms with van der Waals surface area (Å²) in [5.41, 5.74) is 5.42. The third kappa shape index (κ3) is 6.97. The Hall–Kier alpha value is -3.67. The number of benzene rings is 3. The molecule has 37 heavy (non-hydrogen) atoms. The van der Waals surface area contributed by atoms with Gasteiger partial charge < -0.3 is 24.2 Å². The fourth-order valence-electron chi connectivity index (χ4n) is 4.70. The van der Waals surface area contributed by atoms with E-state index in [-0.39, 0.29) is 6.09 Å². The highest BCUT2D eigenvalue weighted by molar-refractivity contribution is 5.71. The Balaban J connectivity index is 1.56. The number of amides is 1. The lowest BCUT2D eigenvalue weighted by atomic mass is 10.1. The molecule has 1 fully saturated rings. The Bertz CT molecular complexity index is 1130. The quantitative estimate of drug-likeness (QED) is 0.382. The minimum absolute atomic E-state index is 0.241. The second-order valence-corrected chi connectivity index (χ2v) is 10.6. The number of aryl methyl sites for hydroxylation is 1. The molecule has 0 radical (unpaired) electrons. The van der Waals surface area contributed by atoms with Gasteiger partial charge in [0, 0.05) is 51.0 Å². The van der Waals surface area contributed by atoms with Crippen molar-refractivity contribution >= 4 is 17.5 Å². The van der Waals surface area contributed by atoms with E-state index in [9.17, 15) is 4.79 Å². The van der Waals surface area contributed by atoms with E-state index in [1.807, 2.05) is 32.9 Å². The largest absolute Gasteiger partial charge is 0.495 e. The number of hydrogen-bond acceptors (Lipinski definition) is 5. The van der Waals surface area contributed by atoms with Gasteiger partial charge in [0.2, 0.25) is 0 Å². The Morgan fingerprint density at radius 1 is 0.865 bits per heavy atom. The van der Waals surface area contributed by atoms with Crippen LogP contribution in [-0.4, -0.2) is 49.9 Å². The first-order valence-electron chi connectivity index (χ1n) is 13.0. The van der Waals surface area contributed by atoms with Gasteiger partial charge in [-0.05, 0) is 50.5 Å². The number of carbonyl (C=O) groups is 1. The van der Waals surface area contributed by atoms with Crippen LogP contribution in [0.2, 0.25) is 0 Å². The fourth-order valence-corrected chi connectivity index (χ4v) is 4.70. The Kier molecular flexibility index (Phi) is 8.27. The average molecular weight is 502 g/mol. The molecule has 1 heterocycles. The van der Waals surface area contributed by atoms with Crippen LogP contribution >= 0.6 is 0 Å². The van der Waals surface area contributed by atoms with Crippen LogP contribution < -0.4 is 14.5 Å². The first-order valence-corrected chi connectivity index (χ1v) is 13.0. The first-order chi connectivity index (χ1) is 17.7. The van der Waals surface area contributed by atoms with Gasteiger partial charge in [0.05, 0.1) is 12.8 Å². The predicted octanol–water partition coefficient (Wildman–Crippen LogP) is 6.27. The molecule has 0 bridgehead atoms. The van der Waals surface area contributed by atoms with Gasteiger partial charge in [-0.15, -0.1) is 0 Å². The molecule has 0 atom stereocenters. The maximum absolute atomic E-state index is 12.5. The van der Waals surface area contributed by atoms with Gasteiger partial charge in [0.1, 0.15) is 11.4 Å². The van der Waals surface area contributed by atoms with Crippen LogP contribution in [0, 0.1) is 6.92 Å². The Labute approximate surface area is 221 Å². The number of piperazine rings is 1. The summed E-state index contributed by atoms with van der Waals surface area (Å²) in [6.45, 7) is 12.2. The van der Waals surface area contributed by atoms with Crippen molar-refractivity contribution in [3.63, 3.8) is 0 Å². The lowest BCUT2D eigenvalue weighted by Crippen LogP contribution is -2.50. The minimum Gasteiger partial charge on any atom is -0.495 e. The van der Waals surface area contributed by atoms with Crippen molar-refractivity contribution < 1.29 is 14.3 Å². The van der Waals surface area contributed by atoms with Crippen molar-refractivity contribution in [1.29, 1.82) is 0 Å². The molecule has 4 rings (SSSR count). The normalized spacial score (nSPS) is 13.9. The third-order valence-corrected chi connectivity index (χ3v) is 6.54. The van der Waals surface area contributed by atoms with Crippen LogP contribution in [0.4, 0.5) is 16.2 Å². The highest BCUT2D eigenvalue weighted by Crippen LogP contribution is 2.37. The van der Waals surface area contributed by atoms with E-state index in [2.05, 4.69) is 77.4 Å². The average Bonchev–Trinajstić information content (AvgIpc) is 2.88. The van der Waals surface area contributed by atoms with Gasteiger partial charge >= 0.3 is 6.09 Å². The summed E-state index contributed by atoms with van der Waals surface area (Å²) in [7, 11) is 1.74. The Morgan fingerprint density at radius 3 is 1.89 bits per heavy atom. The number of rotatable bonds is 7. The van der Waals surface area contributed by atoms with Crippen molar-refractivity contribution in [2.24, 2.45) is 0 Å². The number of ether oxygens (including phenoxy) is 2. The summed E-state index contributed by atoms with van der Waals surface area (Å²) in [5, 5.41) is 0.